The first-order chi connectivity index (χ1) is 41.5. The summed E-state index contributed by atoms with van der Waals surface area (Å²) < 4.78 is 23.8. The number of quaternary nitrogens is 1. The van der Waals surface area contributed by atoms with Crippen LogP contribution in [0.25, 0.3) is 0 Å². The molecule has 9 heteroatoms. The zero-order chi connectivity index (χ0) is 61.9. The van der Waals surface area contributed by atoms with Crippen molar-refractivity contribution in [1.82, 2.24) is 5.32 Å². The van der Waals surface area contributed by atoms with Crippen LogP contribution in [-0.4, -0.2) is 73.4 Å². The van der Waals surface area contributed by atoms with Crippen LogP contribution in [0.15, 0.2) is 72.9 Å². The van der Waals surface area contributed by atoms with Crippen molar-refractivity contribution < 1.29 is 32.9 Å². The van der Waals surface area contributed by atoms with Gasteiger partial charge in [-0.1, -0.05) is 350 Å². The van der Waals surface area contributed by atoms with E-state index in [0.29, 0.717) is 17.4 Å². The zero-order valence-electron chi connectivity index (χ0n) is 57.1. The maximum absolute atomic E-state index is 13.1. The number of carbonyl (C=O) groups is 1. The summed E-state index contributed by atoms with van der Waals surface area (Å²) in [6, 6.07) is -0.865. The molecule has 3 atom stereocenters. The van der Waals surface area contributed by atoms with E-state index in [4.69, 9.17) is 9.05 Å². The summed E-state index contributed by atoms with van der Waals surface area (Å²) in [5, 5.41) is 14.0. The lowest BCUT2D eigenvalue weighted by Gasteiger charge is -2.25. The van der Waals surface area contributed by atoms with Crippen molar-refractivity contribution in [3.8, 4) is 0 Å². The molecule has 3 unspecified atom stereocenters. The number of unbranched alkanes of at least 4 members (excludes halogenated alkanes) is 45. The third-order valence-corrected chi connectivity index (χ3v) is 17.6. The van der Waals surface area contributed by atoms with E-state index in [9.17, 15) is 19.4 Å². The Morgan fingerprint density at radius 2 is 0.718 bits per heavy atom. The fourth-order valence-electron chi connectivity index (χ4n) is 11.0. The standard InChI is InChI=1S/C76H143N2O6P/c1-6-8-10-12-14-16-18-20-22-24-26-28-30-32-33-34-35-36-37-38-39-40-41-42-43-44-45-46-48-50-52-54-56-58-60-62-64-66-68-70-76(80)77-74(73-84-85(81,82)83-72-71-78(3,4)5)75(79)69-67-65-63-61-59-57-55-53-51-49-47-31-29-27-25-23-21-19-17-15-13-11-9-7-2/h8,10,14,16,20,22,26,28,59,61,67,69,74-75,79H,6-7,9,11-13,15,17-19,21,23-25,27,29-58,60,62-66,68,70-73H2,1-5H3,(H-,77,80,81,82)/p+1/b10-8-,16-14-,22-20-,28-26-,61-59+,69-67+. The Labute approximate surface area is 529 Å². The number of aliphatic hydroxyl groups excluding tert-OH is 1. The molecule has 85 heavy (non-hydrogen) atoms. The molecule has 0 saturated heterocycles. The molecule has 0 aromatic rings. The number of nitrogens with zero attached hydrogens (tertiary/aromatic N) is 1. The molecule has 0 aromatic heterocycles. The Balaban J connectivity index is 3.98. The summed E-state index contributed by atoms with van der Waals surface area (Å²) in [6.45, 7) is 4.73. The first-order valence-electron chi connectivity index (χ1n) is 36.8. The number of allylic oxidation sites excluding steroid dienone is 11. The molecule has 0 rings (SSSR count). The second-order valence-corrected chi connectivity index (χ2v) is 27.7. The Morgan fingerprint density at radius 3 is 1.08 bits per heavy atom. The van der Waals surface area contributed by atoms with E-state index in [-0.39, 0.29) is 19.1 Å². The highest BCUT2D eigenvalue weighted by molar-refractivity contribution is 7.47. The number of likely N-dealkylation sites (N-methyl/N-ethyl adjacent to an activating group) is 1. The number of phosphoric acid groups is 1. The van der Waals surface area contributed by atoms with Crippen molar-refractivity contribution in [3.63, 3.8) is 0 Å². The predicted octanol–water partition coefficient (Wildman–Crippen LogP) is 23.7. The Kier molecular flexibility index (Phi) is 64.8. The molecule has 1 amide bonds. The lowest BCUT2D eigenvalue weighted by atomic mass is 10.0. The SMILES string of the molecule is CC/C=C\C/C=C\C/C=C\C/C=C\CCCCCCCCCCCCCCCCCCCCCCCCCCCCC(=O)NC(COP(=O)(O)OCC[N+](C)(C)C)C(O)/C=C/CC/C=C/CCCCCCCCCCCCCCCCCCCC. The third-order valence-electron chi connectivity index (χ3n) is 16.7. The van der Waals surface area contributed by atoms with Crippen molar-refractivity contribution in [2.75, 3.05) is 40.9 Å². The maximum atomic E-state index is 13.1. The fraction of sp³-hybridized carbons (Fsp3) is 0.829. The molecule has 0 heterocycles. The van der Waals surface area contributed by atoms with Crippen LogP contribution in [0.5, 0.6) is 0 Å². The highest BCUT2D eigenvalue weighted by Gasteiger charge is 2.28. The van der Waals surface area contributed by atoms with E-state index in [2.05, 4.69) is 79.9 Å². The van der Waals surface area contributed by atoms with Crippen LogP contribution in [0.3, 0.4) is 0 Å². The van der Waals surface area contributed by atoms with Crippen LogP contribution >= 0.6 is 7.82 Å². The van der Waals surface area contributed by atoms with E-state index in [0.717, 1.165) is 64.2 Å². The zero-order valence-corrected chi connectivity index (χ0v) is 58.0. The summed E-state index contributed by atoms with van der Waals surface area (Å²) in [6.07, 6.45) is 93.6. The van der Waals surface area contributed by atoms with Crippen molar-refractivity contribution in [1.29, 1.82) is 0 Å². The van der Waals surface area contributed by atoms with Gasteiger partial charge in [0.25, 0.3) is 0 Å². The lowest BCUT2D eigenvalue weighted by molar-refractivity contribution is -0.870. The first-order valence-corrected chi connectivity index (χ1v) is 38.3. The molecule has 0 radical (unpaired) electrons. The minimum Gasteiger partial charge on any atom is -0.387 e. The molecule has 0 aliphatic carbocycles. The smallest absolute Gasteiger partial charge is 0.387 e. The van der Waals surface area contributed by atoms with Crippen LogP contribution < -0.4 is 5.32 Å². The second kappa shape index (κ2) is 66.4. The number of nitrogens with one attached hydrogen (secondary N) is 1. The van der Waals surface area contributed by atoms with Gasteiger partial charge in [-0.3, -0.25) is 13.8 Å². The number of carbonyl (C=O) groups excluding carboxylic acids is 1. The Hall–Kier alpha value is -2.06. The molecule has 0 aromatic carbocycles. The number of hydrogen-bond acceptors (Lipinski definition) is 5. The molecule has 0 aliphatic rings. The predicted molar refractivity (Wildman–Crippen MR) is 373 cm³/mol. The average molecular weight is 1210 g/mol. The maximum Gasteiger partial charge on any atom is 0.472 e. The first kappa shape index (κ1) is 82.9. The third kappa shape index (κ3) is 69.3. The quantitative estimate of drug-likeness (QED) is 0.0243. The van der Waals surface area contributed by atoms with Crippen molar-refractivity contribution >= 4 is 13.7 Å². The highest BCUT2D eigenvalue weighted by Crippen LogP contribution is 2.43. The van der Waals surface area contributed by atoms with Crippen molar-refractivity contribution in [2.24, 2.45) is 0 Å². The average Bonchev–Trinajstić information content (AvgIpc) is 3.49. The molecule has 8 nitrogen and oxygen atoms in total. The van der Waals surface area contributed by atoms with Crippen LogP contribution in [-0.2, 0) is 18.4 Å². The van der Waals surface area contributed by atoms with Gasteiger partial charge in [-0.15, -0.1) is 0 Å². The van der Waals surface area contributed by atoms with Crippen molar-refractivity contribution in [2.45, 2.75) is 366 Å². The van der Waals surface area contributed by atoms with Crippen LogP contribution in [0.1, 0.15) is 354 Å². The molecule has 498 valence electrons. The van der Waals surface area contributed by atoms with Crippen molar-refractivity contribution in [3.05, 3.63) is 72.9 Å². The van der Waals surface area contributed by atoms with Gasteiger partial charge in [0, 0.05) is 6.42 Å². The Bertz CT molecular complexity index is 1620. The normalized spacial score (nSPS) is 14.0. The fourth-order valence-corrected chi connectivity index (χ4v) is 11.7. The monoisotopic (exact) mass is 1210 g/mol. The van der Waals surface area contributed by atoms with E-state index in [1.165, 1.54) is 270 Å². The molecular weight excluding hydrogens is 1070 g/mol. The summed E-state index contributed by atoms with van der Waals surface area (Å²) >= 11 is 0. The van der Waals surface area contributed by atoms with Gasteiger partial charge in [-0.25, -0.2) is 4.57 Å². The van der Waals surface area contributed by atoms with Gasteiger partial charge >= 0.3 is 7.82 Å². The molecule has 0 bridgehead atoms. The van der Waals surface area contributed by atoms with Gasteiger partial charge in [0.05, 0.1) is 39.9 Å². The van der Waals surface area contributed by atoms with Crippen LogP contribution in [0.4, 0.5) is 0 Å². The largest absolute Gasteiger partial charge is 0.472 e. The number of aliphatic hydroxyl groups is 1. The summed E-state index contributed by atoms with van der Waals surface area (Å²) in [5.41, 5.74) is 0. The molecule has 0 fully saturated rings. The van der Waals surface area contributed by atoms with Gasteiger partial charge in [-0.2, -0.15) is 0 Å². The van der Waals surface area contributed by atoms with E-state index < -0.39 is 20.0 Å². The Morgan fingerprint density at radius 1 is 0.412 bits per heavy atom. The molecular formula is C76H144N2O6P+. The lowest BCUT2D eigenvalue weighted by Crippen LogP contribution is -2.45. The highest BCUT2D eigenvalue weighted by atomic mass is 31.2. The number of rotatable bonds is 68. The minimum absolute atomic E-state index is 0.0568. The van der Waals surface area contributed by atoms with Crippen LogP contribution in [0, 0.1) is 0 Å². The van der Waals surface area contributed by atoms with E-state index in [1.807, 2.05) is 27.2 Å². The van der Waals surface area contributed by atoms with Gasteiger partial charge < -0.3 is 19.8 Å². The van der Waals surface area contributed by atoms with E-state index in [1.54, 1.807) is 6.08 Å². The van der Waals surface area contributed by atoms with Gasteiger partial charge in [0.2, 0.25) is 5.91 Å². The van der Waals surface area contributed by atoms with E-state index >= 15 is 0 Å². The second-order valence-electron chi connectivity index (χ2n) is 26.3. The number of phosphoric ester groups is 1. The number of hydrogen-bond donors (Lipinski definition) is 3. The summed E-state index contributed by atoms with van der Waals surface area (Å²) in [5.74, 6) is -0.180. The molecule has 3 N–H and O–H groups in total. The van der Waals surface area contributed by atoms with Gasteiger partial charge in [0.1, 0.15) is 13.2 Å². The number of amides is 1. The topological polar surface area (TPSA) is 105 Å². The molecule has 0 aliphatic heterocycles. The summed E-state index contributed by atoms with van der Waals surface area (Å²) in [4.78, 5) is 23.4. The molecule has 0 saturated carbocycles. The summed E-state index contributed by atoms with van der Waals surface area (Å²) in [7, 11) is 1.57. The van der Waals surface area contributed by atoms with Gasteiger partial charge in [-0.05, 0) is 70.6 Å². The van der Waals surface area contributed by atoms with Gasteiger partial charge in [0.15, 0.2) is 0 Å². The minimum atomic E-state index is -4.36. The van der Waals surface area contributed by atoms with Crippen LogP contribution in [0.2, 0.25) is 0 Å². The molecule has 0 spiro atoms.